The summed E-state index contributed by atoms with van der Waals surface area (Å²) in [6, 6.07) is 13.8. The van der Waals surface area contributed by atoms with E-state index in [1.807, 2.05) is 25.1 Å². The van der Waals surface area contributed by atoms with Crippen LogP contribution in [0.2, 0.25) is 0 Å². The van der Waals surface area contributed by atoms with Gasteiger partial charge in [0.05, 0.1) is 0 Å². The first-order chi connectivity index (χ1) is 9.77. The van der Waals surface area contributed by atoms with Crippen LogP contribution in [-0.2, 0) is 11.8 Å². The van der Waals surface area contributed by atoms with Gasteiger partial charge in [-0.3, -0.25) is 4.79 Å². The van der Waals surface area contributed by atoms with Crippen LogP contribution in [0.4, 0.5) is 5.69 Å². The fourth-order valence-electron chi connectivity index (χ4n) is 2.26. The smallest absolute Gasteiger partial charge is 0.167 e. The number of aryl methyl sites for hydroxylation is 1. The van der Waals surface area contributed by atoms with Gasteiger partial charge < -0.3 is 5.73 Å². The highest BCUT2D eigenvalue weighted by Gasteiger charge is 2.14. The molecule has 0 saturated heterocycles. The molecule has 0 aromatic heterocycles. The molecule has 0 unspecified atom stereocenters. The summed E-state index contributed by atoms with van der Waals surface area (Å²) in [5, 5.41) is 0. The lowest BCUT2D eigenvalue weighted by Gasteiger charge is -2.19. The number of rotatable bonds is 3. The number of Topliss-reactive ketones (excluding diaryl/α,β-unsaturated/α-hetero) is 1. The lowest BCUT2D eigenvalue weighted by molar-refractivity contribution is 0.0993. The van der Waals surface area contributed by atoms with E-state index in [0.29, 0.717) is 6.42 Å². The minimum Gasteiger partial charge on any atom is -0.399 e. The molecule has 2 heteroatoms. The monoisotopic (exact) mass is 281 g/mol. The second-order valence-electron chi connectivity index (χ2n) is 6.62. The molecule has 110 valence electrons. The van der Waals surface area contributed by atoms with Gasteiger partial charge in [-0.1, -0.05) is 45.0 Å². The Morgan fingerprint density at radius 2 is 1.67 bits per heavy atom. The van der Waals surface area contributed by atoms with E-state index in [9.17, 15) is 4.79 Å². The second kappa shape index (κ2) is 5.72. The number of benzene rings is 2. The number of anilines is 1. The quantitative estimate of drug-likeness (QED) is 0.673. The molecule has 21 heavy (non-hydrogen) atoms. The van der Waals surface area contributed by atoms with Gasteiger partial charge >= 0.3 is 0 Å². The van der Waals surface area contributed by atoms with Gasteiger partial charge in [0.15, 0.2) is 5.78 Å². The summed E-state index contributed by atoms with van der Waals surface area (Å²) >= 11 is 0. The van der Waals surface area contributed by atoms with Crippen LogP contribution in [0, 0.1) is 6.92 Å². The third-order valence-electron chi connectivity index (χ3n) is 3.78. The summed E-state index contributed by atoms with van der Waals surface area (Å²) in [6.45, 7) is 8.48. The molecule has 2 aromatic carbocycles. The third kappa shape index (κ3) is 3.72. The van der Waals surface area contributed by atoms with Crippen molar-refractivity contribution >= 4 is 11.5 Å². The average molecular weight is 281 g/mol. The number of ketones is 1. The summed E-state index contributed by atoms with van der Waals surface area (Å²) in [7, 11) is 0. The maximum atomic E-state index is 12.3. The maximum Gasteiger partial charge on any atom is 0.167 e. The fraction of sp³-hybridized carbons (Fsp3) is 0.316. The van der Waals surface area contributed by atoms with Gasteiger partial charge in [-0.2, -0.15) is 0 Å². The maximum absolute atomic E-state index is 12.3. The summed E-state index contributed by atoms with van der Waals surface area (Å²) in [6.07, 6.45) is 0.424. The Bertz CT molecular complexity index is 648. The molecule has 0 spiro atoms. The molecule has 0 bridgehead atoms. The molecular weight excluding hydrogens is 258 g/mol. The first-order valence-electron chi connectivity index (χ1n) is 7.26. The molecular formula is C19H23NO. The Morgan fingerprint density at radius 1 is 1.05 bits per heavy atom. The van der Waals surface area contributed by atoms with Crippen molar-refractivity contribution in [3.63, 3.8) is 0 Å². The highest BCUT2D eigenvalue weighted by atomic mass is 16.1. The van der Waals surface area contributed by atoms with Crippen LogP contribution in [0.1, 0.15) is 47.8 Å². The topological polar surface area (TPSA) is 43.1 Å². The zero-order valence-corrected chi connectivity index (χ0v) is 13.2. The summed E-state index contributed by atoms with van der Waals surface area (Å²) in [5.74, 6) is 0.126. The molecule has 0 aliphatic heterocycles. The average Bonchev–Trinajstić information content (AvgIpc) is 2.41. The van der Waals surface area contributed by atoms with Gasteiger partial charge in [0, 0.05) is 17.7 Å². The van der Waals surface area contributed by atoms with E-state index in [-0.39, 0.29) is 11.2 Å². The Kier molecular flexibility index (Phi) is 4.17. The Balaban J connectivity index is 2.14. The van der Waals surface area contributed by atoms with Gasteiger partial charge in [0.2, 0.25) is 0 Å². The Labute approximate surface area is 127 Å². The first kappa shape index (κ1) is 15.3. The molecule has 2 nitrogen and oxygen atoms in total. The van der Waals surface area contributed by atoms with Gasteiger partial charge in [0.25, 0.3) is 0 Å². The van der Waals surface area contributed by atoms with E-state index < -0.39 is 0 Å². The molecule has 2 rings (SSSR count). The molecule has 0 radical (unpaired) electrons. The van der Waals surface area contributed by atoms with Crippen molar-refractivity contribution in [2.45, 2.75) is 39.5 Å². The van der Waals surface area contributed by atoms with Crippen molar-refractivity contribution in [3.8, 4) is 0 Å². The van der Waals surface area contributed by atoms with Crippen molar-refractivity contribution in [1.82, 2.24) is 0 Å². The highest BCUT2D eigenvalue weighted by molar-refractivity contribution is 5.98. The lowest BCUT2D eigenvalue weighted by atomic mass is 9.86. The predicted molar refractivity (Wildman–Crippen MR) is 88.8 cm³/mol. The van der Waals surface area contributed by atoms with Crippen molar-refractivity contribution in [2.24, 2.45) is 0 Å². The molecule has 0 atom stereocenters. The minimum absolute atomic E-state index is 0.126. The van der Waals surface area contributed by atoms with E-state index in [1.165, 1.54) is 5.56 Å². The molecule has 0 aliphatic carbocycles. The van der Waals surface area contributed by atoms with E-state index in [4.69, 9.17) is 5.73 Å². The Hall–Kier alpha value is -2.09. The van der Waals surface area contributed by atoms with Crippen molar-refractivity contribution in [2.75, 3.05) is 5.73 Å². The van der Waals surface area contributed by atoms with E-state index in [2.05, 4.69) is 32.9 Å². The molecule has 0 saturated carbocycles. The second-order valence-corrected chi connectivity index (χ2v) is 6.62. The van der Waals surface area contributed by atoms with Gasteiger partial charge in [0.1, 0.15) is 0 Å². The van der Waals surface area contributed by atoms with Crippen LogP contribution in [-0.4, -0.2) is 5.78 Å². The van der Waals surface area contributed by atoms with Crippen LogP contribution < -0.4 is 5.73 Å². The molecule has 0 amide bonds. The van der Waals surface area contributed by atoms with E-state index >= 15 is 0 Å². The van der Waals surface area contributed by atoms with Crippen molar-refractivity contribution in [1.29, 1.82) is 0 Å². The number of nitrogen functional groups attached to an aromatic ring is 1. The summed E-state index contributed by atoms with van der Waals surface area (Å²) < 4.78 is 0. The minimum atomic E-state index is 0.126. The standard InChI is InChI=1S/C19H23NO/c1-13-11-15(7-10-17(13)20)18(21)12-14-5-8-16(9-6-14)19(2,3)4/h5-11H,12,20H2,1-4H3. The van der Waals surface area contributed by atoms with Gasteiger partial charge in [-0.05, 0) is 47.2 Å². The van der Waals surface area contributed by atoms with Crippen LogP contribution in [0.15, 0.2) is 42.5 Å². The van der Waals surface area contributed by atoms with Gasteiger partial charge in [-0.15, -0.1) is 0 Å². The molecule has 0 fully saturated rings. The zero-order valence-electron chi connectivity index (χ0n) is 13.2. The predicted octanol–water partition coefficient (Wildman–Crippen LogP) is 4.30. The van der Waals surface area contributed by atoms with E-state index in [1.54, 1.807) is 12.1 Å². The van der Waals surface area contributed by atoms with Crippen LogP contribution >= 0.6 is 0 Å². The normalized spacial score (nSPS) is 11.4. The molecule has 0 aliphatic rings. The molecule has 2 N–H and O–H groups in total. The third-order valence-corrected chi connectivity index (χ3v) is 3.78. The first-order valence-corrected chi connectivity index (χ1v) is 7.26. The fourth-order valence-corrected chi connectivity index (χ4v) is 2.26. The number of hydrogen-bond acceptors (Lipinski definition) is 2. The highest BCUT2D eigenvalue weighted by Crippen LogP contribution is 2.22. The SMILES string of the molecule is Cc1cc(C(=O)Cc2ccc(C(C)(C)C)cc2)ccc1N. The summed E-state index contributed by atoms with van der Waals surface area (Å²) in [4.78, 5) is 12.3. The zero-order chi connectivity index (χ0) is 15.6. The number of nitrogens with two attached hydrogens (primary N) is 1. The lowest BCUT2D eigenvalue weighted by Crippen LogP contribution is -2.11. The van der Waals surface area contributed by atoms with Crippen LogP contribution in [0.25, 0.3) is 0 Å². The van der Waals surface area contributed by atoms with Crippen molar-refractivity contribution < 1.29 is 4.79 Å². The van der Waals surface area contributed by atoms with E-state index in [0.717, 1.165) is 22.4 Å². The number of hydrogen-bond donors (Lipinski definition) is 1. The largest absolute Gasteiger partial charge is 0.399 e. The number of carbonyl (C=O) groups excluding carboxylic acids is 1. The van der Waals surface area contributed by atoms with Gasteiger partial charge in [-0.25, -0.2) is 0 Å². The van der Waals surface area contributed by atoms with Crippen LogP contribution in [0.3, 0.4) is 0 Å². The summed E-state index contributed by atoms with van der Waals surface area (Å²) in [5.41, 5.74) is 10.6. The number of carbonyl (C=O) groups is 1. The molecule has 0 heterocycles. The van der Waals surface area contributed by atoms with Crippen molar-refractivity contribution in [3.05, 3.63) is 64.7 Å². The van der Waals surface area contributed by atoms with Crippen LogP contribution in [0.5, 0.6) is 0 Å². The Morgan fingerprint density at radius 3 is 2.19 bits per heavy atom. The molecule has 2 aromatic rings.